The van der Waals surface area contributed by atoms with Gasteiger partial charge in [0, 0.05) is 18.9 Å². The number of anilines is 1. The lowest BCUT2D eigenvalue weighted by Gasteiger charge is -2.12. The van der Waals surface area contributed by atoms with Crippen molar-refractivity contribution in [2.75, 3.05) is 11.9 Å². The summed E-state index contributed by atoms with van der Waals surface area (Å²) >= 11 is 0. The third-order valence-electron chi connectivity index (χ3n) is 3.70. The number of hydrogen-bond acceptors (Lipinski definition) is 3. The van der Waals surface area contributed by atoms with Gasteiger partial charge in [0.2, 0.25) is 11.8 Å². The predicted octanol–water partition coefficient (Wildman–Crippen LogP) is 2.51. The molecule has 3 N–H and O–H groups in total. The van der Waals surface area contributed by atoms with Gasteiger partial charge in [-0.05, 0) is 30.5 Å². The van der Waals surface area contributed by atoms with Crippen molar-refractivity contribution in [3.05, 3.63) is 23.8 Å². The molecule has 126 valence electrons. The fourth-order valence-electron chi connectivity index (χ4n) is 2.14. The second-order valence-corrected chi connectivity index (χ2v) is 5.64. The Labute approximate surface area is 130 Å². The predicted molar refractivity (Wildman–Crippen MR) is 76.6 cm³/mol. The topological polar surface area (TPSA) is 78.4 Å². The van der Waals surface area contributed by atoms with Gasteiger partial charge in [0.15, 0.2) is 0 Å². The number of phenolic OH excluding ortho intramolecular Hbond substituents is 1. The molecule has 1 aliphatic carbocycles. The van der Waals surface area contributed by atoms with Crippen LogP contribution in [0.25, 0.3) is 0 Å². The van der Waals surface area contributed by atoms with Gasteiger partial charge in [-0.3, -0.25) is 9.59 Å². The van der Waals surface area contributed by atoms with Crippen LogP contribution in [0.2, 0.25) is 0 Å². The van der Waals surface area contributed by atoms with Crippen molar-refractivity contribution in [2.45, 2.75) is 25.9 Å². The van der Waals surface area contributed by atoms with Gasteiger partial charge in [0.25, 0.3) is 0 Å². The molecular formula is C15H17F3N2O3. The molecule has 1 saturated carbocycles. The molecule has 2 rings (SSSR count). The van der Waals surface area contributed by atoms with Gasteiger partial charge < -0.3 is 15.7 Å². The van der Waals surface area contributed by atoms with E-state index in [-0.39, 0.29) is 30.5 Å². The van der Waals surface area contributed by atoms with Crippen LogP contribution >= 0.6 is 0 Å². The molecule has 1 aromatic carbocycles. The summed E-state index contributed by atoms with van der Waals surface area (Å²) in [4.78, 5) is 23.3. The molecule has 0 saturated heterocycles. The van der Waals surface area contributed by atoms with E-state index in [0.29, 0.717) is 12.0 Å². The van der Waals surface area contributed by atoms with E-state index in [9.17, 15) is 27.9 Å². The number of alkyl halides is 3. The van der Waals surface area contributed by atoms with E-state index in [1.54, 1.807) is 0 Å². The highest BCUT2D eigenvalue weighted by Gasteiger charge is 2.38. The zero-order chi connectivity index (χ0) is 17.2. The van der Waals surface area contributed by atoms with Crippen molar-refractivity contribution >= 4 is 17.5 Å². The van der Waals surface area contributed by atoms with Gasteiger partial charge in [-0.2, -0.15) is 13.2 Å². The van der Waals surface area contributed by atoms with Crippen molar-refractivity contribution < 1.29 is 27.9 Å². The van der Waals surface area contributed by atoms with Gasteiger partial charge >= 0.3 is 6.18 Å². The number of rotatable bonds is 5. The molecule has 1 fully saturated rings. The van der Waals surface area contributed by atoms with Crippen molar-refractivity contribution in [1.29, 1.82) is 0 Å². The van der Waals surface area contributed by atoms with E-state index in [2.05, 4.69) is 10.6 Å². The monoisotopic (exact) mass is 330 g/mol. The summed E-state index contributed by atoms with van der Waals surface area (Å²) in [5, 5.41) is 14.3. The van der Waals surface area contributed by atoms with Crippen LogP contribution in [0.4, 0.5) is 18.9 Å². The van der Waals surface area contributed by atoms with E-state index in [1.807, 2.05) is 6.92 Å². The lowest BCUT2D eigenvalue weighted by Crippen LogP contribution is -2.29. The number of phenols is 1. The smallest absolute Gasteiger partial charge is 0.416 e. The quantitative estimate of drug-likeness (QED) is 0.726. The molecule has 0 unspecified atom stereocenters. The Kier molecular flexibility index (Phi) is 4.82. The Bertz CT molecular complexity index is 616. The number of hydrogen-bond donors (Lipinski definition) is 3. The summed E-state index contributed by atoms with van der Waals surface area (Å²) in [6.45, 7) is 2.04. The first-order chi connectivity index (χ1) is 10.7. The van der Waals surface area contributed by atoms with E-state index in [0.717, 1.165) is 18.6 Å². The number of carbonyl (C=O) groups is 2. The first-order valence-corrected chi connectivity index (χ1v) is 7.16. The minimum atomic E-state index is -4.57. The molecule has 0 radical (unpaired) electrons. The highest BCUT2D eigenvalue weighted by Crippen LogP contribution is 2.37. The van der Waals surface area contributed by atoms with Gasteiger partial charge in [-0.1, -0.05) is 6.92 Å². The number of aromatic hydroxyl groups is 1. The van der Waals surface area contributed by atoms with Gasteiger partial charge in [-0.25, -0.2) is 0 Å². The maximum Gasteiger partial charge on any atom is 0.416 e. The Morgan fingerprint density at radius 2 is 2.00 bits per heavy atom. The molecule has 8 heteroatoms. The highest BCUT2D eigenvalue weighted by atomic mass is 19.4. The number of halogens is 3. The average molecular weight is 330 g/mol. The second-order valence-electron chi connectivity index (χ2n) is 5.64. The third-order valence-corrected chi connectivity index (χ3v) is 3.70. The Morgan fingerprint density at radius 3 is 2.57 bits per heavy atom. The van der Waals surface area contributed by atoms with Crippen LogP contribution < -0.4 is 10.6 Å². The zero-order valence-electron chi connectivity index (χ0n) is 12.4. The summed E-state index contributed by atoms with van der Waals surface area (Å²) < 4.78 is 37.8. The van der Waals surface area contributed by atoms with Crippen LogP contribution in [-0.2, 0) is 15.8 Å². The SMILES string of the molecule is C[C@@H]1C[C@H]1C(=O)NCCC(=O)Nc1cc(C(F)(F)F)ccc1O. The Balaban J connectivity index is 1.86. The summed E-state index contributed by atoms with van der Waals surface area (Å²) in [7, 11) is 0. The van der Waals surface area contributed by atoms with Crippen LogP contribution in [0.1, 0.15) is 25.3 Å². The fraction of sp³-hybridized carbons (Fsp3) is 0.467. The standard InChI is InChI=1S/C15H17F3N2O3/c1-8-6-10(8)14(23)19-5-4-13(22)20-11-7-9(15(16,17)18)2-3-12(11)21/h2-3,7-8,10,21H,4-6H2,1H3,(H,19,23)(H,20,22)/t8-,10-/m1/s1. The van der Waals surface area contributed by atoms with Crippen LogP contribution in [0, 0.1) is 11.8 Å². The van der Waals surface area contributed by atoms with Gasteiger partial charge in [-0.15, -0.1) is 0 Å². The van der Waals surface area contributed by atoms with Gasteiger partial charge in [0.1, 0.15) is 5.75 Å². The molecule has 0 heterocycles. The number of amides is 2. The minimum absolute atomic E-state index is 0.00873. The van der Waals surface area contributed by atoms with Crippen molar-refractivity contribution in [1.82, 2.24) is 5.32 Å². The van der Waals surface area contributed by atoms with E-state index < -0.39 is 23.4 Å². The summed E-state index contributed by atoms with van der Waals surface area (Å²) in [6, 6.07) is 2.26. The summed E-state index contributed by atoms with van der Waals surface area (Å²) in [5.41, 5.74) is -1.28. The van der Waals surface area contributed by atoms with Gasteiger partial charge in [0.05, 0.1) is 11.3 Å². The molecule has 0 aliphatic heterocycles. The molecule has 23 heavy (non-hydrogen) atoms. The normalized spacial score (nSPS) is 20.0. The molecule has 2 atom stereocenters. The first kappa shape index (κ1) is 17.1. The molecule has 0 bridgehead atoms. The third kappa shape index (κ3) is 4.61. The van der Waals surface area contributed by atoms with Crippen LogP contribution in [0.3, 0.4) is 0 Å². The fourth-order valence-corrected chi connectivity index (χ4v) is 2.14. The maximum atomic E-state index is 12.6. The lowest BCUT2D eigenvalue weighted by molar-refractivity contribution is -0.137. The molecule has 1 aromatic rings. The van der Waals surface area contributed by atoms with Crippen LogP contribution in [0.15, 0.2) is 18.2 Å². The molecule has 5 nitrogen and oxygen atoms in total. The molecule has 2 amide bonds. The summed E-state index contributed by atoms with van der Waals surface area (Å²) in [6.07, 6.45) is -3.83. The van der Waals surface area contributed by atoms with Crippen molar-refractivity contribution in [3.8, 4) is 5.75 Å². The van der Waals surface area contributed by atoms with Crippen LogP contribution in [0.5, 0.6) is 5.75 Å². The van der Waals surface area contributed by atoms with E-state index in [4.69, 9.17) is 0 Å². The largest absolute Gasteiger partial charge is 0.506 e. The molecule has 0 aromatic heterocycles. The van der Waals surface area contributed by atoms with E-state index >= 15 is 0 Å². The lowest BCUT2D eigenvalue weighted by atomic mass is 10.1. The zero-order valence-corrected chi connectivity index (χ0v) is 12.4. The van der Waals surface area contributed by atoms with Crippen LogP contribution in [-0.4, -0.2) is 23.5 Å². The molecular weight excluding hydrogens is 313 g/mol. The average Bonchev–Trinajstić information content (AvgIpc) is 3.17. The van der Waals surface area contributed by atoms with Crippen molar-refractivity contribution in [2.24, 2.45) is 11.8 Å². The highest BCUT2D eigenvalue weighted by molar-refractivity contribution is 5.92. The maximum absolute atomic E-state index is 12.6. The molecule has 0 spiro atoms. The number of carbonyl (C=O) groups excluding carboxylic acids is 2. The number of nitrogens with one attached hydrogen (secondary N) is 2. The minimum Gasteiger partial charge on any atom is -0.506 e. The second kappa shape index (κ2) is 6.47. The van der Waals surface area contributed by atoms with Crippen molar-refractivity contribution in [3.63, 3.8) is 0 Å². The Morgan fingerprint density at radius 1 is 1.35 bits per heavy atom. The molecule has 1 aliphatic rings. The first-order valence-electron chi connectivity index (χ1n) is 7.16. The summed E-state index contributed by atoms with van der Waals surface area (Å²) in [5.74, 6) is -0.824. The Hall–Kier alpha value is -2.25. The van der Waals surface area contributed by atoms with E-state index in [1.165, 1.54) is 0 Å². The number of benzene rings is 1.